The van der Waals surface area contributed by atoms with Crippen molar-refractivity contribution in [2.75, 3.05) is 13.2 Å². The molecule has 6 atom stereocenters. The van der Waals surface area contributed by atoms with Crippen LogP contribution in [0.5, 0.6) is 0 Å². The molecule has 21 heavy (non-hydrogen) atoms. The molecule has 118 valence electrons. The Morgan fingerprint density at radius 1 is 1.19 bits per heavy atom. The van der Waals surface area contributed by atoms with Gasteiger partial charge in [-0.2, -0.15) is 0 Å². The second kappa shape index (κ2) is 6.44. The first-order chi connectivity index (χ1) is 9.91. The lowest BCUT2D eigenvalue weighted by molar-refractivity contribution is -0.213. The predicted octanol–water partition coefficient (Wildman–Crippen LogP) is -0.169. The maximum Gasteiger partial charge on any atom is 0.164 e. The van der Waals surface area contributed by atoms with Crippen molar-refractivity contribution in [3.8, 4) is 12.3 Å². The van der Waals surface area contributed by atoms with Crippen LogP contribution >= 0.6 is 0 Å². The Labute approximate surface area is 124 Å². The van der Waals surface area contributed by atoms with Crippen molar-refractivity contribution in [1.82, 2.24) is 0 Å². The van der Waals surface area contributed by atoms with Gasteiger partial charge in [0.05, 0.1) is 6.61 Å². The second-order valence-corrected chi connectivity index (χ2v) is 5.61. The van der Waals surface area contributed by atoms with Crippen LogP contribution in [0.15, 0.2) is 12.7 Å². The van der Waals surface area contributed by atoms with E-state index in [2.05, 4.69) is 12.5 Å². The summed E-state index contributed by atoms with van der Waals surface area (Å²) in [5.74, 6) is 1.49. The minimum atomic E-state index is -1.17. The Bertz CT molecular complexity index is 415. The molecule has 2 rings (SSSR count). The molecule has 1 heterocycles. The van der Waals surface area contributed by atoms with Crippen LogP contribution in [0.25, 0.3) is 0 Å². The number of ether oxygens (including phenoxy) is 4. The van der Waals surface area contributed by atoms with E-state index in [1.54, 1.807) is 19.9 Å². The Morgan fingerprint density at radius 3 is 2.19 bits per heavy atom. The minimum absolute atomic E-state index is 0.0135. The highest BCUT2D eigenvalue weighted by Crippen LogP contribution is 2.39. The molecule has 0 radical (unpaired) electrons. The minimum Gasteiger partial charge on any atom is -0.387 e. The maximum atomic E-state index is 10.3. The van der Waals surface area contributed by atoms with Crippen molar-refractivity contribution in [2.45, 2.75) is 56.3 Å². The molecule has 0 spiro atoms. The summed E-state index contributed by atoms with van der Waals surface area (Å²) in [6, 6.07) is 0. The van der Waals surface area contributed by atoms with Gasteiger partial charge in [0, 0.05) is 0 Å². The quantitative estimate of drug-likeness (QED) is 0.542. The summed E-state index contributed by atoms with van der Waals surface area (Å²) in [5.41, 5.74) is 0. The van der Waals surface area contributed by atoms with Crippen molar-refractivity contribution in [1.29, 1.82) is 0 Å². The SMILES string of the molecule is C#CCO[C@@H]1[C@@H](O)[C@H](O)[C@@H](OCC=C)[C@H]2OC(C)(C)O[C@H]21. The number of aliphatic hydroxyl groups is 2. The molecule has 0 amide bonds. The third-order valence-corrected chi connectivity index (χ3v) is 3.60. The molecular formula is C15H22O6. The summed E-state index contributed by atoms with van der Waals surface area (Å²) in [4.78, 5) is 0. The third-order valence-electron chi connectivity index (χ3n) is 3.60. The van der Waals surface area contributed by atoms with Crippen LogP contribution in [0.3, 0.4) is 0 Å². The van der Waals surface area contributed by atoms with Gasteiger partial charge in [0.25, 0.3) is 0 Å². The summed E-state index contributed by atoms with van der Waals surface area (Å²) in [7, 11) is 0. The average Bonchev–Trinajstić information content (AvgIpc) is 2.74. The van der Waals surface area contributed by atoms with E-state index < -0.39 is 42.4 Å². The lowest BCUT2D eigenvalue weighted by Gasteiger charge is -2.42. The zero-order valence-corrected chi connectivity index (χ0v) is 12.3. The fourth-order valence-electron chi connectivity index (χ4n) is 2.81. The number of rotatable bonds is 5. The van der Waals surface area contributed by atoms with Crippen LogP contribution in [0.4, 0.5) is 0 Å². The van der Waals surface area contributed by atoms with Gasteiger partial charge in [-0.05, 0) is 13.8 Å². The van der Waals surface area contributed by atoms with Gasteiger partial charge in [-0.1, -0.05) is 12.0 Å². The smallest absolute Gasteiger partial charge is 0.164 e. The van der Waals surface area contributed by atoms with Crippen molar-refractivity contribution in [3.63, 3.8) is 0 Å². The maximum absolute atomic E-state index is 10.3. The summed E-state index contributed by atoms with van der Waals surface area (Å²) in [6.07, 6.45) is 1.79. The molecule has 0 bridgehead atoms. The van der Waals surface area contributed by atoms with Crippen LogP contribution in [0.1, 0.15) is 13.8 Å². The van der Waals surface area contributed by atoms with Crippen molar-refractivity contribution in [3.05, 3.63) is 12.7 Å². The molecule has 0 aromatic rings. The molecule has 1 saturated heterocycles. The Morgan fingerprint density at radius 2 is 1.71 bits per heavy atom. The van der Waals surface area contributed by atoms with Crippen LogP contribution < -0.4 is 0 Å². The van der Waals surface area contributed by atoms with Crippen molar-refractivity contribution in [2.24, 2.45) is 0 Å². The molecule has 2 aliphatic rings. The first-order valence-electron chi connectivity index (χ1n) is 6.90. The normalized spacial score (nSPS) is 41.3. The highest BCUT2D eigenvalue weighted by atomic mass is 16.8. The summed E-state index contributed by atoms with van der Waals surface area (Å²) < 4.78 is 22.6. The summed E-state index contributed by atoms with van der Waals surface area (Å²) in [5, 5.41) is 20.5. The molecule has 1 aliphatic carbocycles. The van der Waals surface area contributed by atoms with E-state index >= 15 is 0 Å². The van der Waals surface area contributed by atoms with Gasteiger partial charge in [0.2, 0.25) is 0 Å². The summed E-state index contributed by atoms with van der Waals surface area (Å²) in [6.45, 7) is 7.33. The third kappa shape index (κ3) is 3.29. The highest BCUT2D eigenvalue weighted by Gasteiger charge is 2.58. The van der Waals surface area contributed by atoms with Crippen LogP contribution in [-0.4, -0.2) is 65.8 Å². The lowest BCUT2D eigenvalue weighted by atomic mass is 9.84. The van der Waals surface area contributed by atoms with E-state index in [0.29, 0.717) is 0 Å². The zero-order chi connectivity index (χ0) is 15.6. The van der Waals surface area contributed by atoms with Gasteiger partial charge in [0.1, 0.15) is 43.2 Å². The predicted molar refractivity (Wildman–Crippen MR) is 74.3 cm³/mol. The molecule has 0 unspecified atom stereocenters. The van der Waals surface area contributed by atoms with Crippen LogP contribution in [0, 0.1) is 12.3 Å². The Kier molecular flexibility index (Phi) is 5.04. The van der Waals surface area contributed by atoms with Crippen molar-refractivity contribution >= 4 is 0 Å². The van der Waals surface area contributed by atoms with E-state index in [1.807, 2.05) is 0 Å². The lowest BCUT2D eigenvalue weighted by Crippen LogP contribution is -2.64. The molecule has 6 heteroatoms. The molecule has 0 aromatic heterocycles. The molecule has 2 fully saturated rings. The number of terminal acetylenes is 1. The molecule has 1 aliphatic heterocycles. The van der Waals surface area contributed by atoms with Gasteiger partial charge in [-0.25, -0.2) is 0 Å². The van der Waals surface area contributed by atoms with Crippen molar-refractivity contribution < 1.29 is 29.2 Å². The van der Waals surface area contributed by atoms with E-state index in [-0.39, 0.29) is 13.2 Å². The first-order valence-corrected chi connectivity index (χ1v) is 6.90. The zero-order valence-electron chi connectivity index (χ0n) is 12.3. The van der Waals surface area contributed by atoms with Gasteiger partial charge in [-0.15, -0.1) is 13.0 Å². The van der Waals surface area contributed by atoms with E-state index in [0.717, 1.165) is 0 Å². The van der Waals surface area contributed by atoms with Gasteiger partial charge in [-0.3, -0.25) is 0 Å². The topological polar surface area (TPSA) is 77.4 Å². The van der Waals surface area contributed by atoms with Gasteiger partial charge >= 0.3 is 0 Å². The highest BCUT2D eigenvalue weighted by molar-refractivity contribution is 5.05. The average molecular weight is 298 g/mol. The largest absolute Gasteiger partial charge is 0.387 e. The number of hydrogen-bond donors (Lipinski definition) is 2. The molecule has 2 N–H and O–H groups in total. The Balaban J connectivity index is 2.22. The fourth-order valence-corrected chi connectivity index (χ4v) is 2.81. The fraction of sp³-hybridized carbons (Fsp3) is 0.733. The monoisotopic (exact) mass is 298 g/mol. The number of fused-ring (bicyclic) bond motifs is 1. The van der Waals surface area contributed by atoms with Crippen LogP contribution in [-0.2, 0) is 18.9 Å². The second-order valence-electron chi connectivity index (χ2n) is 5.61. The molecule has 0 aromatic carbocycles. The standard InChI is InChI=1S/C15H22O6/c1-5-7-18-11-9(16)10(17)12(19-8-6-2)14-13(11)20-15(3,4)21-14/h1,6,9-14,16-17H,2,7-8H2,3-4H3/t9-,10-,11+,12+,13-,14+/m0/s1. The number of aliphatic hydroxyl groups excluding tert-OH is 2. The molecule has 1 saturated carbocycles. The Hall–Kier alpha value is -0.940. The number of hydrogen-bond acceptors (Lipinski definition) is 6. The van der Waals surface area contributed by atoms with E-state index in [9.17, 15) is 10.2 Å². The molecular weight excluding hydrogens is 276 g/mol. The first kappa shape index (κ1) is 16.4. The van der Waals surface area contributed by atoms with Crippen LogP contribution in [0.2, 0.25) is 0 Å². The summed E-state index contributed by atoms with van der Waals surface area (Å²) >= 11 is 0. The molecule has 6 nitrogen and oxygen atoms in total. The van der Waals surface area contributed by atoms with Gasteiger partial charge in [0.15, 0.2) is 5.79 Å². The van der Waals surface area contributed by atoms with E-state index in [1.165, 1.54) is 0 Å². The van der Waals surface area contributed by atoms with E-state index in [4.69, 9.17) is 25.4 Å². The van der Waals surface area contributed by atoms with Gasteiger partial charge < -0.3 is 29.2 Å².